The second-order valence-corrected chi connectivity index (χ2v) is 9.28. The first-order valence-corrected chi connectivity index (χ1v) is 10.8. The van der Waals surface area contributed by atoms with Crippen LogP contribution in [0.4, 0.5) is 0 Å². The summed E-state index contributed by atoms with van der Waals surface area (Å²) in [6, 6.07) is 11.7. The normalized spacial score (nSPS) is 13.8. The maximum absolute atomic E-state index is 13.0. The first-order chi connectivity index (χ1) is 13.5. The van der Waals surface area contributed by atoms with Gasteiger partial charge < -0.3 is 10.2 Å². The van der Waals surface area contributed by atoms with E-state index in [0.717, 1.165) is 6.07 Å². The maximum atomic E-state index is 13.0. The molecule has 10 heteroatoms. The molecule has 5 nitrogen and oxygen atoms in total. The summed E-state index contributed by atoms with van der Waals surface area (Å²) in [6.45, 7) is 0. The van der Waals surface area contributed by atoms with E-state index in [1.165, 1.54) is 42.5 Å². The van der Waals surface area contributed by atoms with Crippen molar-refractivity contribution < 1.29 is 23.2 Å². The van der Waals surface area contributed by atoms with E-state index in [-0.39, 0.29) is 37.5 Å². The number of hydrogen-bond acceptors (Lipinski definition) is 4. The number of hydrogen-bond donors (Lipinski definition) is 3. The third-order valence-corrected chi connectivity index (χ3v) is 7.03. The quantitative estimate of drug-likeness (QED) is 0.311. The molecular formula is C19H12Cl4O5S. The molecule has 0 saturated heterocycles. The molecular weight excluding hydrogens is 482 g/mol. The summed E-state index contributed by atoms with van der Waals surface area (Å²) in [5.41, 5.74) is -0.647. The minimum atomic E-state index is -5.14. The van der Waals surface area contributed by atoms with Crippen molar-refractivity contribution in [3.05, 3.63) is 91.4 Å². The zero-order valence-electron chi connectivity index (χ0n) is 14.3. The fourth-order valence-corrected chi connectivity index (χ4v) is 5.91. The average Bonchev–Trinajstić information content (AvgIpc) is 2.61. The topological polar surface area (TPSA) is 94.8 Å². The fourth-order valence-electron chi connectivity index (χ4n) is 3.24. The molecule has 0 spiro atoms. The molecule has 3 aromatic rings. The molecule has 0 fully saturated rings. The Morgan fingerprint density at radius 2 is 1.48 bits per heavy atom. The number of halogens is 4. The second kappa shape index (κ2) is 7.87. The van der Waals surface area contributed by atoms with Gasteiger partial charge in [-0.25, -0.2) is 0 Å². The van der Waals surface area contributed by atoms with Gasteiger partial charge >= 0.3 is 0 Å². The minimum Gasteiger partial charge on any atom is -0.508 e. The smallest absolute Gasteiger partial charge is 0.283 e. The van der Waals surface area contributed by atoms with Crippen LogP contribution >= 0.6 is 46.4 Å². The second-order valence-electron chi connectivity index (χ2n) is 6.09. The van der Waals surface area contributed by atoms with Gasteiger partial charge in [-0.1, -0.05) is 64.6 Å². The van der Waals surface area contributed by atoms with Gasteiger partial charge in [0.1, 0.15) is 11.5 Å². The molecule has 1 unspecified atom stereocenters. The van der Waals surface area contributed by atoms with Crippen molar-refractivity contribution in [2.24, 2.45) is 0 Å². The Morgan fingerprint density at radius 3 is 2.07 bits per heavy atom. The van der Waals surface area contributed by atoms with Crippen LogP contribution in [0.15, 0.2) is 54.6 Å². The van der Waals surface area contributed by atoms with Gasteiger partial charge in [0.15, 0.2) is 4.75 Å². The van der Waals surface area contributed by atoms with E-state index in [2.05, 4.69) is 0 Å². The highest BCUT2D eigenvalue weighted by Gasteiger charge is 2.52. The molecule has 3 aromatic carbocycles. The Labute approximate surface area is 186 Å². The SMILES string of the molecule is O=S(=O)(O)C(c1cc(O)cc(Cl)c1)(c1ccccc1Cl)c1c(Cl)ccc(O)c1Cl. The van der Waals surface area contributed by atoms with Crippen molar-refractivity contribution in [3.63, 3.8) is 0 Å². The summed E-state index contributed by atoms with van der Waals surface area (Å²) in [5.74, 6) is -0.850. The van der Waals surface area contributed by atoms with Crippen LogP contribution in [0.3, 0.4) is 0 Å². The first-order valence-electron chi connectivity index (χ1n) is 7.89. The first kappa shape index (κ1) is 22.0. The van der Waals surface area contributed by atoms with Crippen molar-refractivity contribution in [2.75, 3.05) is 0 Å². The van der Waals surface area contributed by atoms with Crippen molar-refractivity contribution in [3.8, 4) is 11.5 Å². The van der Waals surface area contributed by atoms with Gasteiger partial charge in [-0.3, -0.25) is 4.55 Å². The highest BCUT2D eigenvalue weighted by molar-refractivity contribution is 7.87. The van der Waals surface area contributed by atoms with E-state index < -0.39 is 25.6 Å². The summed E-state index contributed by atoms with van der Waals surface area (Å²) in [4.78, 5) is 0. The van der Waals surface area contributed by atoms with Crippen LogP contribution in [0.25, 0.3) is 0 Å². The molecule has 0 aromatic heterocycles. The van der Waals surface area contributed by atoms with E-state index in [1.807, 2.05) is 0 Å². The predicted molar refractivity (Wildman–Crippen MR) is 114 cm³/mol. The largest absolute Gasteiger partial charge is 0.508 e. The number of rotatable bonds is 4. The molecule has 0 radical (unpaired) electrons. The predicted octanol–water partition coefficient (Wildman–Crippen LogP) is 5.89. The van der Waals surface area contributed by atoms with Crippen LogP contribution in [-0.4, -0.2) is 23.2 Å². The Kier molecular flexibility index (Phi) is 5.98. The summed E-state index contributed by atoms with van der Waals surface area (Å²) in [5, 5.41) is 19.6. The van der Waals surface area contributed by atoms with Gasteiger partial charge in [0.25, 0.3) is 10.1 Å². The van der Waals surface area contributed by atoms with Crippen molar-refractivity contribution in [1.29, 1.82) is 0 Å². The Morgan fingerprint density at radius 1 is 0.828 bits per heavy atom. The van der Waals surface area contributed by atoms with E-state index in [0.29, 0.717) is 0 Å². The zero-order chi connectivity index (χ0) is 21.6. The van der Waals surface area contributed by atoms with Crippen molar-refractivity contribution in [2.45, 2.75) is 4.75 Å². The molecule has 0 heterocycles. The number of phenolic OH excluding ortho intramolecular Hbond substituents is 2. The van der Waals surface area contributed by atoms with Gasteiger partial charge in [0.2, 0.25) is 0 Å². The molecule has 1 atom stereocenters. The van der Waals surface area contributed by atoms with E-state index in [4.69, 9.17) is 46.4 Å². The van der Waals surface area contributed by atoms with Crippen LogP contribution in [0, 0.1) is 0 Å². The highest BCUT2D eigenvalue weighted by atomic mass is 35.5. The molecule has 3 rings (SSSR count). The molecule has 0 bridgehead atoms. The lowest BCUT2D eigenvalue weighted by molar-refractivity contribution is 0.455. The van der Waals surface area contributed by atoms with Gasteiger partial charge in [-0.2, -0.15) is 8.42 Å². The van der Waals surface area contributed by atoms with Crippen LogP contribution < -0.4 is 0 Å². The summed E-state index contributed by atoms with van der Waals surface area (Å²) < 4.78 is 34.0. The number of aromatic hydroxyl groups is 2. The zero-order valence-corrected chi connectivity index (χ0v) is 18.1. The molecule has 0 amide bonds. The van der Waals surface area contributed by atoms with Gasteiger partial charge in [-0.15, -0.1) is 0 Å². The molecule has 152 valence electrons. The molecule has 0 saturated carbocycles. The van der Waals surface area contributed by atoms with E-state index in [9.17, 15) is 23.2 Å². The standard InChI is InChI=1S/C19H12Cl4O5S/c20-11-7-10(8-12(24)9-11)19(29(26,27)28,13-3-1-2-4-14(13)21)17-15(22)5-6-16(25)18(17)23/h1-9,24-25H,(H,26,27,28). The third-order valence-electron chi connectivity index (χ3n) is 4.35. The Hall–Kier alpha value is -1.67. The van der Waals surface area contributed by atoms with Gasteiger partial charge in [0.05, 0.1) is 5.02 Å². The molecule has 0 aliphatic rings. The van der Waals surface area contributed by atoms with Gasteiger partial charge in [0, 0.05) is 26.2 Å². The van der Waals surface area contributed by atoms with Crippen molar-refractivity contribution >= 4 is 56.5 Å². The average molecular weight is 494 g/mol. The lowest BCUT2D eigenvalue weighted by atomic mass is 9.83. The van der Waals surface area contributed by atoms with Gasteiger partial charge in [-0.05, 0) is 42.0 Å². The molecule has 29 heavy (non-hydrogen) atoms. The fraction of sp³-hybridized carbons (Fsp3) is 0.0526. The summed E-state index contributed by atoms with van der Waals surface area (Å²) >= 11 is 25.0. The Balaban J connectivity index is 2.68. The lowest BCUT2D eigenvalue weighted by Crippen LogP contribution is -2.39. The van der Waals surface area contributed by atoms with Crippen LogP contribution in [0.5, 0.6) is 11.5 Å². The van der Waals surface area contributed by atoms with Crippen LogP contribution in [-0.2, 0) is 14.9 Å². The minimum absolute atomic E-state index is 0.0209. The molecule has 0 aliphatic heterocycles. The number of benzene rings is 3. The van der Waals surface area contributed by atoms with E-state index in [1.54, 1.807) is 6.07 Å². The summed E-state index contributed by atoms with van der Waals surface area (Å²) in [6.07, 6.45) is 0. The van der Waals surface area contributed by atoms with Crippen LogP contribution in [0.1, 0.15) is 16.7 Å². The number of phenols is 2. The maximum Gasteiger partial charge on any atom is 0.283 e. The third kappa shape index (κ3) is 3.65. The molecule has 3 N–H and O–H groups in total. The van der Waals surface area contributed by atoms with Crippen molar-refractivity contribution in [1.82, 2.24) is 0 Å². The summed E-state index contributed by atoms with van der Waals surface area (Å²) in [7, 11) is -5.14. The molecule has 0 aliphatic carbocycles. The van der Waals surface area contributed by atoms with E-state index >= 15 is 0 Å². The monoisotopic (exact) mass is 492 g/mol. The van der Waals surface area contributed by atoms with Crippen LogP contribution in [0.2, 0.25) is 20.1 Å². The lowest BCUT2D eigenvalue weighted by Gasteiger charge is -2.34. The highest BCUT2D eigenvalue weighted by Crippen LogP contribution is 2.53. The Bertz CT molecular complexity index is 1190.